The van der Waals surface area contributed by atoms with Gasteiger partial charge in [0.05, 0.1) is 5.56 Å². The van der Waals surface area contributed by atoms with E-state index in [0.29, 0.717) is 22.9 Å². The molecule has 0 bridgehead atoms. The van der Waals surface area contributed by atoms with Gasteiger partial charge in [-0.2, -0.15) is 0 Å². The van der Waals surface area contributed by atoms with Gasteiger partial charge in [0, 0.05) is 17.7 Å². The Morgan fingerprint density at radius 1 is 1.27 bits per heavy atom. The third-order valence-electron chi connectivity index (χ3n) is 5.10. The molecule has 0 unspecified atom stereocenters. The second-order valence-corrected chi connectivity index (χ2v) is 7.87. The number of rotatable bonds is 4. The molecule has 1 aromatic heterocycles. The molecule has 26 heavy (non-hydrogen) atoms. The van der Waals surface area contributed by atoms with E-state index in [2.05, 4.69) is 21.2 Å². The van der Waals surface area contributed by atoms with Gasteiger partial charge in [-0.1, -0.05) is 47.3 Å². The molecule has 1 saturated carbocycles. The molecule has 2 aromatic rings. The zero-order valence-corrected chi connectivity index (χ0v) is 16.7. The molecule has 4 nitrogen and oxygen atoms in total. The summed E-state index contributed by atoms with van der Waals surface area (Å²) in [6, 6.07) is 7.30. The van der Waals surface area contributed by atoms with Gasteiger partial charge in [0.1, 0.15) is 11.9 Å². The Labute approximate surface area is 161 Å². The predicted octanol–water partition coefficient (Wildman–Crippen LogP) is 6.11. The maximum Gasteiger partial charge on any atom is 0.413 e. The van der Waals surface area contributed by atoms with Gasteiger partial charge in [-0.15, -0.1) is 0 Å². The third-order valence-corrected chi connectivity index (χ3v) is 5.62. The minimum atomic E-state index is -0.539. The molecule has 6 heteroatoms. The van der Waals surface area contributed by atoms with Crippen molar-refractivity contribution in [3.05, 3.63) is 40.8 Å². The molecular formula is C20H24BrFN2O2. The van der Waals surface area contributed by atoms with Crippen molar-refractivity contribution in [1.29, 1.82) is 0 Å². The number of amides is 1. The van der Waals surface area contributed by atoms with Crippen molar-refractivity contribution in [2.24, 2.45) is 13.0 Å². The van der Waals surface area contributed by atoms with Crippen LogP contribution in [0.25, 0.3) is 11.1 Å². The van der Waals surface area contributed by atoms with Crippen LogP contribution in [0.4, 0.5) is 15.0 Å². The number of carbonyl (C=O) groups is 1. The molecule has 1 amide bonds. The van der Waals surface area contributed by atoms with E-state index < -0.39 is 6.09 Å². The minimum absolute atomic E-state index is 0.142. The summed E-state index contributed by atoms with van der Waals surface area (Å²) in [5.74, 6) is 0.418. The fourth-order valence-electron chi connectivity index (χ4n) is 3.63. The van der Waals surface area contributed by atoms with Gasteiger partial charge in [0.25, 0.3) is 0 Å². The summed E-state index contributed by atoms with van der Waals surface area (Å²) in [4.78, 5) is 12.4. The van der Waals surface area contributed by atoms with Crippen molar-refractivity contribution in [2.75, 3.05) is 5.32 Å². The van der Waals surface area contributed by atoms with Crippen molar-refractivity contribution in [2.45, 2.75) is 45.1 Å². The first-order valence-corrected chi connectivity index (χ1v) is 9.83. The van der Waals surface area contributed by atoms with E-state index in [4.69, 9.17) is 4.74 Å². The number of halogens is 2. The van der Waals surface area contributed by atoms with E-state index in [0.717, 1.165) is 17.3 Å². The molecule has 1 N–H and O–H groups in total. The van der Waals surface area contributed by atoms with Crippen LogP contribution in [-0.2, 0) is 11.8 Å². The Morgan fingerprint density at radius 2 is 1.92 bits per heavy atom. The molecule has 1 fully saturated rings. The van der Waals surface area contributed by atoms with Gasteiger partial charge in [-0.25, -0.2) is 9.18 Å². The maximum atomic E-state index is 14.4. The van der Waals surface area contributed by atoms with Crippen LogP contribution in [-0.4, -0.2) is 16.8 Å². The molecule has 1 aliphatic carbocycles. The molecule has 0 spiro atoms. The summed E-state index contributed by atoms with van der Waals surface area (Å²) >= 11 is 3.38. The second-order valence-electron chi connectivity index (χ2n) is 6.95. The summed E-state index contributed by atoms with van der Waals surface area (Å²) in [5.41, 5.74) is 1.06. The van der Waals surface area contributed by atoms with Gasteiger partial charge in [-0.05, 0) is 43.4 Å². The Balaban J connectivity index is 1.74. The second kappa shape index (κ2) is 8.25. The van der Waals surface area contributed by atoms with Gasteiger partial charge in [0.2, 0.25) is 0 Å². The lowest BCUT2D eigenvalue weighted by molar-refractivity contribution is 0.0690. The molecule has 0 aliphatic heterocycles. The average molecular weight is 423 g/mol. The molecule has 1 heterocycles. The summed E-state index contributed by atoms with van der Waals surface area (Å²) in [5, 5.41) is 2.73. The average Bonchev–Trinajstić information content (AvgIpc) is 2.90. The summed E-state index contributed by atoms with van der Waals surface area (Å²) in [7, 11) is 1.70. The molecule has 1 aromatic carbocycles. The number of carbonyl (C=O) groups excluding carboxylic acids is 1. The van der Waals surface area contributed by atoms with E-state index >= 15 is 0 Å². The molecule has 0 saturated heterocycles. The monoisotopic (exact) mass is 422 g/mol. The normalized spacial score (nSPS) is 16.3. The topological polar surface area (TPSA) is 43.3 Å². The van der Waals surface area contributed by atoms with Crippen molar-refractivity contribution >= 4 is 27.8 Å². The fourth-order valence-corrected chi connectivity index (χ4v) is 3.89. The standard InChI is InChI=1S/C20H24BrFN2O2/c1-13(14-6-4-3-5-7-14)26-20(25)23-19-18(17(22)12-24(19)2)15-8-10-16(21)11-9-15/h8-14H,3-7H2,1-2H3,(H,23,25)/t13-/m1/s1. The van der Waals surface area contributed by atoms with E-state index in [9.17, 15) is 9.18 Å². The van der Waals surface area contributed by atoms with Crippen LogP contribution in [0.2, 0.25) is 0 Å². The fraction of sp³-hybridized carbons (Fsp3) is 0.450. The number of hydrogen-bond acceptors (Lipinski definition) is 2. The number of nitrogens with zero attached hydrogens (tertiary/aromatic N) is 1. The SMILES string of the molecule is C[C@@H](OC(=O)Nc1c(-c2ccc(Br)cc2)c(F)cn1C)C1CCCCC1. The van der Waals surface area contributed by atoms with E-state index in [-0.39, 0.29) is 11.9 Å². The van der Waals surface area contributed by atoms with Crippen molar-refractivity contribution < 1.29 is 13.9 Å². The highest BCUT2D eigenvalue weighted by atomic mass is 79.9. The molecular weight excluding hydrogens is 399 g/mol. The lowest BCUT2D eigenvalue weighted by Gasteiger charge is -2.27. The van der Waals surface area contributed by atoms with Gasteiger partial charge >= 0.3 is 6.09 Å². The largest absolute Gasteiger partial charge is 0.446 e. The van der Waals surface area contributed by atoms with E-state index in [1.807, 2.05) is 31.2 Å². The zero-order chi connectivity index (χ0) is 18.7. The molecule has 1 atom stereocenters. The van der Waals surface area contributed by atoms with Gasteiger partial charge in [0.15, 0.2) is 5.82 Å². The molecule has 140 valence electrons. The first-order chi connectivity index (χ1) is 12.5. The lowest BCUT2D eigenvalue weighted by atomic mass is 9.86. The number of aryl methyl sites for hydroxylation is 1. The van der Waals surface area contributed by atoms with Crippen molar-refractivity contribution in [3.8, 4) is 11.1 Å². The van der Waals surface area contributed by atoms with Crippen LogP contribution in [0, 0.1) is 11.7 Å². The van der Waals surface area contributed by atoms with E-state index in [1.165, 1.54) is 25.5 Å². The summed E-state index contributed by atoms with van der Waals surface area (Å²) in [6.07, 6.45) is 6.51. The third kappa shape index (κ3) is 4.29. The van der Waals surface area contributed by atoms with Crippen LogP contribution in [0.5, 0.6) is 0 Å². The lowest BCUT2D eigenvalue weighted by Crippen LogP contribution is -2.28. The highest BCUT2D eigenvalue weighted by molar-refractivity contribution is 9.10. The van der Waals surface area contributed by atoms with Gasteiger partial charge in [-0.3, -0.25) is 5.32 Å². The van der Waals surface area contributed by atoms with Crippen LogP contribution in [0.3, 0.4) is 0 Å². The first-order valence-electron chi connectivity index (χ1n) is 9.04. The number of benzene rings is 1. The summed E-state index contributed by atoms with van der Waals surface area (Å²) < 4.78 is 22.5. The van der Waals surface area contributed by atoms with Crippen LogP contribution in [0.15, 0.2) is 34.9 Å². The number of aromatic nitrogens is 1. The van der Waals surface area contributed by atoms with Crippen LogP contribution >= 0.6 is 15.9 Å². The molecule has 3 rings (SSSR count). The Bertz CT molecular complexity index is 767. The highest BCUT2D eigenvalue weighted by Crippen LogP contribution is 2.33. The zero-order valence-electron chi connectivity index (χ0n) is 15.1. The number of ether oxygens (including phenoxy) is 1. The summed E-state index contributed by atoms with van der Waals surface area (Å²) in [6.45, 7) is 1.94. The Morgan fingerprint density at radius 3 is 2.58 bits per heavy atom. The minimum Gasteiger partial charge on any atom is -0.446 e. The molecule has 1 aliphatic rings. The van der Waals surface area contributed by atoms with E-state index in [1.54, 1.807) is 11.6 Å². The first kappa shape index (κ1) is 19.0. The van der Waals surface area contributed by atoms with Crippen LogP contribution in [0.1, 0.15) is 39.0 Å². The van der Waals surface area contributed by atoms with Crippen molar-refractivity contribution in [1.82, 2.24) is 4.57 Å². The quantitative estimate of drug-likeness (QED) is 0.645. The smallest absolute Gasteiger partial charge is 0.413 e. The van der Waals surface area contributed by atoms with Crippen LogP contribution < -0.4 is 5.32 Å². The Hall–Kier alpha value is -1.82. The maximum absolute atomic E-state index is 14.4. The van der Waals surface area contributed by atoms with Gasteiger partial charge < -0.3 is 9.30 Å². The number of anilines is 1. The number of hydrogen-bond donors (Lipinski definition) is 1. The predicted molar refractivity (Wildman–Crippen MR) is 105 cm³/mol. The van der Waals surface area contributed by atoms with Crippen molar-refractivity contribution in [3.63, 3.8) is 0 Å². The highest BCUT2D eigenvalue weighted by Gasteiger charge is 2.24. The Kier molecular flexibility index (Phi) is 6.01. The number of nitrogens with one attached hydrogen (secondary N) is 1. The molecule has 0 radical (unpaired) electrons.